The second kappa shape index (κ2) is 4.09. The van der Waals surface area contributed by atoms with Gasteiger partial charge in [0.1, 0.15) is 0 Å². The molecule has 0 N–H and O–H groups in total. The Morgan fingerprint density at radius 1 is 0.833 bits per heavy atom. The average molecular weight is 188 g/mol. The van der Waals surface area contributed by atoms with Gasteiger partial charge in [-0.3, -0.25) is 0 Å². The lowest BCUT2D eigenvalue weighted by Gasteiger charge is -2.42. The van der Waals surface area contributed by atoms with Gasteiger partial charge in [0, 0.05) is 0 Å². The van der Waals surface area contributed by atoms with Crippen molar-refractivity contribution in [2.24, 2.45) is 0 Å². The van der Waals surface area contributed by atoms with Crippen molar-refractivity contribution in [2.75, 3.05) is 6.66 Å². The van der Waals surface area contributed by atoms with Crippen LogP contribution < -0.4 is 0 Å². The molecule has 0 saturated carbocycles. The highest BCUT2D eigenvalue weighted by Crippen LogP contribution is 2.59. The Morgan fingerprint density at radius 2 is 1.08 bits per heavy atom. The molecule has 0 aromatic rings. The molecule has 0 heterocycles. The van der Waals surface area contributed by atoms with Gasteiger partial charge in [0.15, 0.2) is 0 Å². The maximum atomic E-state index is 2.46. The molecule has 0 fully saturated rings. The van der Waals surface area contributed by atoms with Gasteiger partial charge in [-0.2, -0.15) is 0 Å². The van der Waals surface area contributed by atoms with Gasteiger partial charge in [-0.05, 0) is 29.8 Å². The van der Waals surface area contributed by atoms with Crippen molar-refractivity contribution in [3.63, 3.8) is 0 Å². The Labute approximate surface area is 79.9 Å². The van der Waals surface area contributed by atoms with Crippen LogP contribution in [-0.2, 0) is 0 Å². The van der Waals surface area contributed by atoms with Crippen molar-refractivity contribution < 1.29 is 0 Å². The molecule has 0 amide bonds. The smallest absolute Gasteiger partial charge is 0.0151 e. The quantitative estimate of drug-likeness (QED) is 0.571. The van der Waals surface area contributed by atoms with Crippen LogP contribution in [0.2, 0.25) is 0 Å². The lowest BCUT2D eigenvalue weighted by molar-refractivity contribution is 0.607. The molecule has 0 radical (unpaired) electrons. The van der Waals surface area contributed by atoms with E-state index in [2.05, 4.69) is 48.2 Å². The van der Waals surface area contributed by atoms with E-state index in [9.17, 15) is 0 Å². The number of hydrogen-bond donors (Lipinski definition) is 0. The van der Waals surface area contributed by atoms with Crippen LogP contribution in [0.15, 0.2) is 0 Å². The summed E-state index contributed by atoms with van der Waals surface area (Å²) in [4.78, 5) is 0. The molecule has 0 rings (SSSR count). The molecule has 0 aliphatic heterocycles. The first-order chi connectivity index (χ1) is 5.28. The predicted octanol–water partition coefficient (Wildman–Crippen LogP) is 4.48. The molecule has 1 heteroatoms. The molecule has 0 nitrogen and oxygen atoms in total. The lowest BCUT2D eigenvalue weighted by atomic mass is 10.1. The van der Waals surface area contributed by atoms with E-state index in [1.165, 1.54) is 12.8 Å². The fraction of sp³-hybridized carbons (Fsp3) is 1.00. The summed E-state index contributed by atoms with van der Waals surface area (Å²) >= 11 is 0. The van der Waals surface area contributed by atoms with E-state index in [-0.39, 0.29) is 7.92 Å². The van der Waals surface area contributed by atoms with Gasteiger partial charge in [0.2, 0.25) is 0 Å². The van der Waals surface area contributed by atoms with Crippen LogP contribution in [0.1, 0.15) is 54.4 Å². The van der Waals surface area contributed by atoms with E-state index < -0.39 is 0 Å². The summed E-state index contributed by atoms with van der Waals surface area (Å²) in [7, 11) is 0.133. The van der Waals surface area contributed by atoms with Crippen molar-refractivity contribution in [3.05, 3.63) is 0 Å². The summed E-state index contributed by atoms with van der Waals surface area (Å²) in [6.45, 7) is 16.7. The van der Waals surface area contributed by atoms with Gasteiger partial charge in [-0.25, -0.2) is 0 Å². The first kappa shape index (κ1) is 12.4. The maximum Gasteiger partial charge on any atom is -0.0151 e. The standard InChI is InChI=1S/C11H25P/c1-8-10(3,4)12(7)11(5,6)9-2/h8-9H2,1-7H3. The second-order valence-electron chi connectivity index (χ2n) is 4.89. The number of rotatable bonds is 4. The van der Waals surface area contributed by atoms with Crippen LogP contribution in [0.25, 0.3) is 0 Å². The van der Waals surface area contributed by atoms with E-state index in [1.807, 2.05) is 0 Å². The molecule has 0 aliphatic carbocycles. The third-order valence-corrected chi connectivity index (χ3v) is 7.81. The second-order valence-corrected chi connectivity index (χ2v) is 8.43. The molecule has 74 valence electrons. The Morgan fingerprint density at radius 3 is 1.25 bits per heavy atom. The monoisotopic (exact) mass is 188 g/mol. The minimum Gasteiger partial charge on any atom is -0.0983 e. The zero-order chi connectivity index (χ0) is 9.99. The van der Waals surface area contributed by atoms with Gasteiger partial charge in [-0.1, -0.05) is 49.5 Å². The van der Waals surface area contributed by atoms with Crippen LogP contribution in [-0.4, -0.2) is 17.0 Å². The molecule has 12 heavy (non-hydrogen) atoms. The summed E-state index contributed by atoms with van der Waals surface area (Å²) in [6, 6.07) is 0. The minimum absolute atomic E-state index is 0.133. The van der Waals surface area contributed by atoms with Crippen LogP contribution in [0.4, 0.5) is 0 Å². The van der Waals surface area contributed by atoms with Crippen LogP contribution in [0.3, 0.4) is 0 Å². The first-order valence-corrected chi connectivity index (χ1v) is 6.80. The van der Waals surface area contributed by atoms with Gasteiger partial charge >= 0.3 is 0 Å². The topological polar surface area (TPSA) is 0 Å². The van der Waals surface area contributed by atoms with Crippen LogP contribution >= 0.6 is 7.92 Å². The highest BCUT2D eigenvalue weighted by atomic mass is 31.1. The molecule has 0 saturated heterocycles. The molecule has 0 unspecified atom stereocenters. The van der Waals surface area contributed by atoms with Crippen molar-refractivity contribution in [3.8, 4) is 0 Å². The molecule has 0 aliphatic rings. The van der Waals surface area contributed by atoms with Crippen molar-refractivity contribution in [1.82, 2.24) is 0 Å². The first-order valence-electron chi connectivity index (χ1n) is 5.02. The Hall–Kier alpha value is 0.430. The summed E-state index contributed by atoms with van der Waals surface area (Å²) in [5.41, 5.74) is 0. The zero-order valence-corrected chi connectivity index (χ0v) is 10.8. The molecule has 0 aromatic carbocycles. The van der Waals surface area contributed by atoms with Crippen LogP contribution in [0.5, 0.6) is 0 Å². The summed E-state index contributed by atoms with van der Waals surface area (Å²) in [5.74, 6) is 0. The Kier molecular flexibility index (Phi) is 4.24. The zero-order valence-electron chi connectivity index (χ0n) is 9.86. The van der Waals surface area contributed by atoms with Crippen LogP contribution in [0, 0.1) is 0 Å². The van der Waals surface area contributed by atoms with E-state index >= 15 is 0 Å². The van der Waals surface area contributed by atoms with Gasteiger partial charge in [0.25, 0.3) is 0 Å². The number of hydrogen-bond acceptors (Lipinski definition) is 0. The molecule has 0 bridgehead atoms. The maximum absolute atomic E-state index is 2.46. The van der Waals surface area contributed by atoms with Gasteiger partial charge in [-0.15, -0.1) is 0 Å². The van der Waals surface area contributed by atoms with Gasteiger partial charge in [0.05, 0.1) is 0 Å². The molecule has 0 spiro atoms. The molecule has 0 aromatic heterocycles. The Bertz CT molecular complexity index is 120. The molecular weight excluding hydrogens is 163 g/mol. The molecular formula is C11H25P. The lowest BCUT2D eigenvalue weighted by Crippen LogP contribution is -2.28. The van der Waals surface area contributed by atoms with Crippen molar-refractivity contribution >= 4 is 7.92 Å². The Balaban J connectivity index is 4.47. The van der Waals surface area contributed by atoms with Crippen molar-refractivity contribution in [2.45, 2.75) is 64.7 Å². The third kappa shape index (κ3) is 2.73. The predicted molar refractivity (Wildman–Crippen MR) is 61.6 cm³/mol. The highest BCUT2D eigenvalue weighted by Gasteiger charge is 2.34. The van der Waals surface area contributed by atoms with Gasteiger partial charge < -0.3 is 0 Å². The SMILES string of the molecule is CCC(C)(C)P(C)C(C)(C)CC. The summed E-state index contributed by atoms with van der Waals surface area (Å²) in [6.07, 6.45) is 2.61. The molecule has 0 atom stereocenters. The summed E-state index contributed by atoms with van der Waals surface area (Å²) < 4.78 is 0. The van der Waals surface area contributed by atoms with Crippen molar-refractivity contribution in [1.29, 1.82) is 0 Å². The van der Waals surface area contributed by atoms with E-state index in [4.69, 9.17) is 0 Å². The van der Waals surface area contributed by atoms with E-state index in [1.54, 1.807) is 0 Å². The largest absolute Gasteiger partial charge is 0.0983 e. The van der Waals surface area contributed by atoms with E-state index in [0.717, 1.165) is 0 Å². The fourth-order valence-electron chi connectivity index (χ4n) is 1.29. The normalized spacial score (nSPS) is 14.0. The fourth-order valence-corrected chi connectivity index (χ4v) is 3.88. The highest BCUT2D eigenvalue weighted by molar-refractivity contribution is 7.60. The average Bonchev–Trinajstić information content (AvgIpc) is 2.03. The minimum atomic E-state index is 0.133. The third-order valence-electron chi connectivity index (χ3n) is 3.55. The summed E-state index contributed by atoms with van der Waals surface area (Å²) in [5, 5.41) is 1.10. The van der Waals surface area contributed by atoms with E-state index in [0.29, 0.717) is 10.3 Å².